The molecule has 4 rings (SSSR count). The SMILES string of the molecule is CCc1ccc(N2C(=O)/C(=C/c3ccc(OCC(=O)Nc4ccc(C)cc4C)c(Cl)c3)SC2=S)cc1. The lowest BCUT2D eigenvalue weighted by atomic mass is 10.1. The molecule has 0 radical (unpaired) electrons. The first kappa shape index (κ1) is 25.9. The monoisotopic (exact) mass is 536 g/mol. The number of nitrogens with one attached hydrogen (secondary N) is 1. The molecule has 0 spiro atoms. The lowest BCUT2D eigenvalue weighted by molar-refractivity contribution is -0.118. The van der Waals surface area contributed by atoms with Gasteiger partial charge in [0.15, 0.2) is 10.9 Å². The minimum Gasteiger partial charge on any atom is -0.482 e. The summed E-state index contributed by atoms with van der Waals surface area (Å²) in [6.45, 7) is 5.84. The number of thiocarbonyl (C=S) groups is 1. The number of hydrogen-bond acceptors (Lipinski definition) is 5. The first-order chi connectivity index (χ1) is 17.2. The molecule has 5 nitrogen and oxygen atoms in total. The molecule has 1 N–H and O–H groups in total. The summed E-state index contributed by atoms with van der Waals surface area (Å²) < 4.78 is 6.11. The van der Waals surface area contributed by atoms with Crippen LogP contribution >= 0.6 is 35.6 Å². The maximum absolute atomic E-state index is 13.0. The van der Waals surface area contributed by atoms with Gasteiger partial charge in [0, 0.05) is 5.69 Å². The second kappa shape index (κ2) is 11.3. The molecule has 3 aromatic carbocycles. The molecule has 1 fully saturated rings. The fourth-order valence-electron chi connectivity index (χ4n) is 3.73. The van der Waals surface area contributed by atoms with E-state index in [0.29, 0.717) is 20.0 Å². The van der Waals surface area contributed by atoms with Crippen LogP contribution in [0.3, 0.4) is 0 Å². The second-order valence-corrected chi connectivity index (χ2v) is 10.5. The van der Waals surface area contributed by atoms with Crippen molar-refractivity contribution >= 4 is 69.2 Å². The van der Waals surface area contributed by atoms with Gasteiger partial charge in [-0.1, -0.05) is 78.4 Å². The lowest BCUT2D eigenvalue weighted by Crippen LogP contribution is -2.27. The molecule has 36 heavy (non-hydrogen) atoms. The summed E-state index contributed by atoms with van der Waals surface area (Å²) in [6, 6.07) is 18.8. The highest BCUT2D eigenvalue weighted by molar-refractivity contribution is 8.27. The van der Waals surface area contributed by atoms with Gasteiger partial charge < -0.3 is 10.1 Å². The molecule has 1 heterocycles. The third-order valence-electron chi connectivity index (χ3n) is 5.66. The van der Waals surface area contributed by atoms with Crippen molar-refractivity contribution in [2.45, 2.75) is 27.2 Å². The number of carbonyl (C=O) groups excluding carboxylic acids is 2. The molecule has 0 unspecified atom stereocenters. The highest BCUT2D eigenvalue weighted by Crippen LogP contribution is 2.37. The Morgan fingerprint density at radius 1 is 1.11 bits per heavy atom. The molecule has 0 aromatic heterocycles. The second-order valence-electron chi connectivity index (χ2n) is 8.38. The Hall–Kier alpha value is -3.13. The van der Waals surface area contributed by atoms with Crippen LogP contribution < -0.4 is 15.0 Å². The van der Waals surface area contributed by atoms with Crippen molar-refractivity contribution in [1.82, 2.24) is 0 Å². The number of thioether (sulfide) groups is 1. The fraction of sp³-hybridized carbons (Fsp3) is 0.179. The van der Waals surface area contributed by atoms with E-state index in [1.54, 1.807) is 29.2 Å². The number of rotatable bonds is 7. The zero-order chi connectivity index (χ0) is 25.8. The number of carbonyl (C=O) groups is 2. The quantitative estimate of drug-likeness (QED) is 0.262. The van der Waals surface area contributed by atoms with Crippen LogP contribution in [0.15, 0.2) is 65.6 Å². The van der Waals surface area contributed by atoms with E-state index >= 15 is 0 Å². The van der Waals surface area contributed by atoms with E-state index in [9.17, 15) is 9.59 Å². The summed E-state index contributed by atoms with van der Waals surface area (Å²) in [5.41, 5.74) is 5.53. The van der Waals surface area contributed by atoms with E-state index < -0.39 is 0 Å². The van der Waals surface area contributed by atoms with Crippen LogP contribution in [0.4, 0.5) is 11.4 Å². The number of aryl methyl sites for hydroxylation is 3. The Bertz CT molecular complexity index is 1370. The van der Waals surface area contributed by atoms with Crippen molar-refractivity contribution in [3.63, 3.8) is 0 Å². The van der Waals surface area contributed by atoms with Gasteiger partial charge in [0.05, 0.1) is 15.6 Å². The van der Waals surface area contributed by atoms with Gasteiger partial charge in [-0.25, -0.2) is 0 Å². The van der Waals surface area contributed by atoms with Crippen molar-refractivity contribution in [3.05, 3.63) is 92.8 Å². The van der Waals surface area contributed by atoms with Crippen molar-refractivity contribution < 1.29 is 14.3 Å². The number of ether oxygens (including phenoxy) is 1. The summed E-state index contributed by atoms with van der Waals surface area (Å²) in [5.74, 6) is -0.0698. The number of benzene rings is 3. The van der Waals surface area contributed by atoms with Crippen LogP contribution in [-0.2, 0) is 16.0 Å². The molecule has 0 bridgehead atoms. The number of hydrogen-bond donors (Lipinski definition) is 1. The average Bonchev–Trinajstić information content (AvgIpc) is 3.13. The van der Waals surface area contributed by atoms with Crippen molar-refractivity contribution in [1.29, 1.82) is 0 Å². The molecular weight excluding hydrogens is 512 g/mol. The van der Waals surface area contributed by atoms with Crippen molar-refractivity contribution in [2.75, 3.05) is 16.8 Å². The highest BCUT2D eigenvalue weighted by Gasteiger charge is 2.33. The van der Waals surface area contributed by atoms with E-state index in [-0.39, 0.29) is 18.4 Å². The van der Waals surface area contributed by atoms with Crippen LogP contribution in [0.1, 0.15) is 29.2 Å². The minimum absolute atomic E-state index is 0.172. The molecule has 0 atom stereocenters. The van der Waals surface area contributed by atoms with Gasteiger partial charge in [0.25, 0.3) is 11.8 Å². The largest absolute Gasteiger partial charge is 0.482 e. The molecule has 0 saturated carbocycles. The molecule has 1 saturated heterocycles. The zero-order valence-corrected chi connectivity index (χ0v) is 22.5. The normalized spacial score (nSPS) is 14.4. The third kappa shape index (κ3) is 5.98. The topological polar surface area (TPSA) is 58.6 Å². The van der Waals surface area contributed by atoms with Gasteiger partial charge in [-0.05, 0) is 73.4 Å². The molecule has 184 valence electrons. The minimum atomic E-state index is -0.280. The average molecular weight is 537 g/mol. The molecule has 0 aliphatic carbocycles. The molecule has 8 heteroatoms. The predicted octanol–water partition coefficient (Wildman–Crippen LogP) is 6.94. The van der Waals surface area contributed by atoms with E-state index in [2.05, 4.69) is 12.2 Å². The summed E-state index contributed by atoms with van der Waals surface area (Å²) in [6.07, 6.45) is 2.68. The van der Waals surface area contributed by atoms with Gasteiger partial charge in [0.2, 0.25) is 0 Å². The lowest BCUT2D eigenvalue weighted by Gasteiger charge is -2.14. The third-order valence-corrected chi connectivity index (χ3v) is 7.26. The first-order valence-corrected chi connectivity index (χ1v) is 13.0. The maximum Gasteiger partial charge on any atom is 0.270 e. The van der Waals surface area contributed by atoms with Gasteiger partial charge in [-0.15, -0.1) is 0 Å². The van der Waals surface area contributed by atoms with Crippen molar-refractivity contribution in [2.24, 2.45) is 0 Å². The Balaban J connectivity index is 1.41. The van der Waals surface area contributed by atoms with E-state index in [0.717, 1.165) is 34.5 Å². The van der Waals surface area contributed by atoms with E-state index in [1.165, 1.54) is 17.3 Å². The molecule has 2 amide bonds. The number of amides is 2. The van der Waals surface area contributed by atoms with Crippen LogP contribution in [0, 0.1) is 13.8 Å². The first-order valence-electron chi connectivity index (χ1n) is 11.4. The van der Waals surface area contributed by atoms with Crippen LogP contribution in [0.25, 0.3) is 6.08 Å². The standard InChI is InChI=1S/C28H25ClN2O3S2/c1-4-19-6-9-21(10-7-19)31-27(33)25(36-28(31)35)15-20-8-12-24(22(29)14-20)34-16-26(32)30-23-11-5-17(2)13-18(23)3/h5-15H,4,16H2,1-3H3,(H,30,32)/b25-15-. The maximum atomic E-state index is 13.0. The van der Waals surface area contributed by atoms with Gasteiger partial charge >= 0.3 is 0 Å². The van der Waals surface area contributed by atoms with Crippen LogP contribution in [-0.4, -0.2) is 22.7 Å². The summed E-state index contributed by atoms with van der Waals surface area (Å²) >= 11 is 13.1. The molecule has 1 aliphatic rings. The smallest absolute Gasteiger partial charge is 0.270 e. The van der Waals surface area contributed by atoms with Crippen LogP contribution in [0.2, 0.25) is 5.02 Å². The zero-order valence-electron chi connectivity index (χ0n) is 20.1. The van der Waals surface area contributed by atoms with Gasteiger partial charge in [-0.3, -0.25) is 14.5 Å². The van der Waals surface area contributed by atoms with Gasteiger partial charge in [-0.2, -0.15) is 0 Å². The van der Waals surface area contributed by atoms with Crippen LogP contribution in [0.5, 0.6) is 5.75 Å². The predicted molar refractivity (Wildman–Crippen MR) is 153 cm³/mol. The molecule has 1 aliphatic heterocycles. The Kier molecular flexibility index (Phi) is 8.14. The fourth-order valence-corrected chi connectivity index (χ4v) is 5.27. The summed E-state index contributed by atoms with van der Waals surface area (Å²) in [5, 5.41) is 3.19. The van der Waals surface area contributed by atoms with E-state index in [1.807, 2.05) is 56.3 Å². The number of halogens is 1. The van der Waals surface area contributed by atoms with Crippen molar-refractivity contribution in [3.8, 4) is 5.75 Å². The Morgan fingerprint density at radius 2 is 1.86 bits per heavy atom. The Labute approximate surface area is 225 Å². The summed E-state index contributed by atoms with van der Waals surface area (Å²) in [7, 11) is 0. The number of nitrogens with zero attached hydrogens (tertiary/aromatic N) is 1. The Morgan fingerprint density at radius 3 is 2.53 bits per heavy atom. The molecule has 3 aromatic rings. The van der Waals surface area contributed by atoms with Gasteiger partial charge in [0.1, 0.15) is 5.75 Å². The molecular formula is C28H25ClN2O3S2. The highest BCUT2D eigenvalue weighted by atomic mass is 35.5. The summed E-state index contributed by atoms with van der Waals surface area (Å²) in [4.78, 5) is 27.4. The van der Waals surface area contributed by atoms with E-state index in [4.69, 9.17) is 28.6 Å². The number of anilines is 2.